The van der Waals surface area contributed by atoms with Gasteiger partial charge in [-0.25, -0.2) is 9.18 Å². The zero-order valence-electron chi connectivity index (χ0n) is 23.7. The van der Waals surface area contributed by atoms with Crippen LogP contribution in [0, 0.1) is 11.8 Å². The van der Waals surface area contributed by atoms with Crippen LogP contribution in [-0.2, 0) is 9.53 Å². The highest BCUT2D eigenvalue weighted by molar-refractivity contribution is 5.87. The molecule has 4 saturated heterocycles. The highest BCUT2D eigenvalue weighted by atomic mass is 19.1. The molecule has 4 fully saturated rings. The van der Waals surface area contributed by atoms with Crippen molar-refractivity contribution in [1.82, 2.24) is 46.6 Å². The Morgan fingerprint density at radius 3 is 2.83 bits per heavy atom. The maximum atomic E-state index is 16.1. The molecule has 0 spiro atoms. The molecule has 6 rings (SSSR count). The summed E-state index contributed by atoms with van der Waals surface area (Å²) in [6.07, 6.45) is 2.23. The summed E-state index contributed by atoms with van der Waals surface area (Å²) in [7, 11) is 0. The van der Waals surface area contributed by atoms with Crippen molar-refractivity contribution in [2.75, 3.05) is 32.8 Å². The topological polar surface area (TPSA) is 116 Å². The van der Waals surface area contributed by atoms with E-state index in [4.69, 9.17) is 4.74 Å². The van der Waals surface area contributed by atoms with Gasteiger partial charge in [0.1, 0.15) is 12.3 Å². The first-order valence-corrected chi connectivity index (χ1v) is 14.8. The molecule has 0 aliphatic carbocycles. The first-order valence-electron chi connectivity index (χ1n) is 14.8. The molecule has 40 heavy (non-hydrogen) atoms. The van der Waals surface area contributed by atoms with Crippen LogP contribution in [-0.4, -0.2) is 113 Å². The molecule has 8 unspecified atom stereocenters. The van der Waals surface area contributed by atoms with Crippen molar-refractivity contribution in [3.8, 4) is 0 Å². The minimum atomic E-state index is -1.18. The van der Waals surface area contributed by atoms with Gasteiger partial charge in [0.25, 0.3) is 0 Å². The lowest BCUT2D eigenvalue weighted by atomic mass is 9.81. The summed E-state index contributed by atoms with van der Waals surface area (Å²) in [6, 6.07) is -0.358. The molecule has 4 bridgehead atoms. The Morgan fingerprint density at radius 1 is 1.25 bits per heavy atom. The van der Waals surface area contributed by atoms with Gasteiger partial charge in [-0.15, -0.1) is 5.53 Å². The van der Waals surface area contributed by atoms with Gasteiger partial charge < -0.3 is 30.6 Å². The van der Waals surface area contributed by atoms with Crippen molar-refractivity contribution in [2.24, 2.45) is 11.8 Å². The zero-order valence-corrected chi connectivity index (χ0v) is 23.7. The minimum absolute atomic E-state index is 0.0117. The number of piperidine rings is 2. The third-order valence-electron chi connectivity index (χ3n) is 9.56. The Kier molecular flexibility index (Phi) is 7.68. The Bertz CT molecular complexity index is 1030. The number of nitrogens with zero attached hydrogens (tertiary/aromatic N) is 4. The third kappa shape index (κ3) is 4.85. The summed E-state index contributed by atoms with van der Waals surface area (Å²) >= 11 is 0. The van der Waals surface area contributed by atoms with Gasteiger partial charge in [0, 0.05) is 56.0 Å². The summed E-state index contributed by atoms with van der Waals surface area (Å²) in [5.74, 6) is -0.0427. The monoisotopic (exact) mass is 561 g/mol. The lowest BCUT2D eigenvalue weighted by Crippen LogP contribution is -2.80. The van der Waals surface area contributed by atoms with E-state index in [1.807, 2.05) is 11.1 Å². The van der Waals surface area contributed by atoms with Crippen LogP contribution in [0.15, 0.2) is 24.6 Å². The van der Waals surface area contributed by atoms with E-state index >= 15 is 4.39 Å². The number of fused-ring (bicyclic) bond motifs is 5. The smallest absolute Gasteiger partial charge is 0.320 e. The number of hydrogen-bond donors (Lipinski definition) is 5. The van der Waals surface area contributed by atoms with Gasteiger partial charge in [-0.3, -0.25) is 20.0 Å². The first-order chi connectivity index (χ1) is 19.3. The van der Waals surface area contributed by atoms with Crippen molar-refractivity contribution in [1.29, 1.82) is 0 Å². The van der Waals surface area contributed by atoms with Gasteiger partial charge in [0.15, 0.2) is 0 Å². The van der Waals surface area contributed by atoms with Crippen LogP contribution in [0.25, 0.3) is 0 Å². The Morgan fingerprint density at radius 2 is 2.08 bits per heavy atom. The molecule has 0 radical (unpaired) electrons. The summed E-state index contributed by atoms with van der Waals surface area (Å²) in [4.78, 5) is 32.4. The number of nitrogens with one attached hydrogen (secondary N) is 5. The zero-order chi connectivity index (χ0) is 28.1. The molecule has 0 aromatic carbocycles. The number of hydrogen-bond acceptors (Lipinski definition) is 9. The fraction of sp³-hybridized carbons (Fsp3) is 0.778. The second kappa shape index (κ2) is 11.1. The Hall–Kier alpha value is -2.45. The van der Waals surface area contributed by atoms with Gasteiger partial charge >= 0.3 is 6.03 Å². The molecule has 222 valence electrons. The fourth-order valence-electron chi connectivity index (χ4n) is 7.61. The van der Waals surface area contributed by atoms with Crippen molar-refractivity contribution < 1.29 is 18.7 Å². The number of amides is 3. The van der Waals surface area contributed by atoms with Crippen molar-refractivity contribution in [2.45, 2.75) is 88.9 Å². The van der Waals surface area contributed by atoms with Gasteiger partial charge in [-0.1, -0.05) is 20.4 Å². The average Bonchev–Trinajstić information content (AvgIpc) is 3.40. The molecule has 13 heteroatoms. The molecule has 6 heterocycles. The van der Waals surface area contributed by atoms with E-state index in [1.54, 1.807) is 9.91 Å². The minimum Gasteiger partial charge on any atom is -0.376 e. The Labute approximate surface area is 235 Å². The van der Waals surface area contributed by atoms with Crippen LogP contribution in [0.5, 0.6) is 0 Å². The van der Waals surface area contributed by atoms with Crippen molar-refractivity contribution >= 4 is 11.9 Å². The van der Waals surface area contributed by atoms with Gasteiger partial charge in [-0.05, 0) is 38.3 Å². The Balaban J connectivity index is 1.36. The molecule has 12 nitrogen and oxygen atoms in total. The lowest BCUT2D eigenvalue weighted by Gasteiger charge is -2.59. The van der Waals surface area contributed by atoms with Crippen LogP contribution in [0.1, 0.15) is 40.0 Å². The SMILES string of the molecule is C=CC(=O)N1CCN(C2NC(=O)N3C4NC(C(F)CC42)N2C=C(CCOC4CCNC(C(C)C)C43)NN2)[C@@H](C)C1. The molecule has 0 saturated carbocycles. The summed E-state index contributed by atoms with van der Waals surface area (Å²) < 4.78 is 22.6. The molecule has 3 amide bonds. The normalized spacial score (nSPS) is 40.3. The molecule has 6 aliphatic heterocycles. The number of piperazine rings is 1. The summed E-state index contributed by atoms with van der Waals surface area (Å²) in [6.45, 7) is 13.0. The fourth-order valence-corrected chi connectivity index (χ4v) is 7.61. The second-order valence-electron chi connectivity index (χ2n) is 12.3. The molecular formula is C27H44FN9O3. The van der Waals surface area contributed by atoms with Crippen LogP contribution < -0.4 is 26.9 Å². The van der Waals surface area contributed by atoms with E-state index in [2.05, 4.69) is 59.2 Å². The van der Waals surface area contributed by atoms with E-state index in [0.29, 0.717) is 32.7 Å². The molecule has 6 aliphatic rings. The molecule has 5 N–H and O–H groups in total. The summed E-state index contributed by atoms with van der Waals surface area (Å²) in [5.41, 5.74) is 7.20. The molecule has 0 aromatic heterocycles. The third-order valence-corrected chi connectivity index (χ3v) is 9.56. The largest absolute Gasteiger partial charge is 0.376 e. The van der Waals surface area contributed by atoms with Crippen LogP contribution in [0.4, 0.5) is 9.18 Å². The van der Waals surface area contributed by atoms with Crippen molar-refractivity contribution in [3.05, 3.63) is 24.6 Å². The predicted octanol–water partition coefficient (Wildman–Crippen LogP) is -0.00220. The maximum absolute atomic E-state index is 16.1. The number of rotatable bonds is 3. The number of carbonyl (C=O) groups excluding carboxylic acids is 2. The molecule has 9 atom stereocenters. The number of halogens is 1. The lowest BCUT2D eigenvalue weighted by molar-refractivity contribution is -0.134. The number of alkyl halides is 1. The van der Waals surface area contributed by atoms with Gasteiger partial charge in [0.05, 0.1) is 31.1 Å². The number of carbonyl (C=O) groups is 2. The van der Waals surface area contributed by atoms with Gasteiger partial charge in [0.2, 0.25) is 5.91 Å². The quantitative estimate of drug-likeness (QED) is 0.304. The molecular weight excluding hydrogens is 517 g/mol. The second-order valence-corrected chi connectivity index (χ2v) is 12.3. The van der Waals surface area contributed by atoms with E-state index in [0.717, 1.165) is 18.7 Å². The number of hydrazine groups is 2. The van der Waals surface area contributed by atoms with E-state index in [9.17, 15) is 9.59 Å². The van der Waals surface area contributed by atoms with Crippen LogP contribution in [0.3, 0.4) is 0 Å². The van der Waals surface area contributed by atoms with E-state index in [-0.39, 0.29) is 60.6 Å². The highest BCUT2D eigenvalue weighted by Crippen LogP contribution is 2.38. The van der Waals surface area contributed by atoms with Gasteiger partial charge in [-0.2, -0.15) is 0 Å². The highest BCUT2D eigenvalue weighted by Gasteiger charge is 2.56. The van der Waals surface area contributed by atoms with E-state index in [1.165, 1.54) is 6.08 Å². The average molecular weight is 562 g/mol. The standard InChI is InChI=1S/C27H44FN9O3/c1-5-21(38)34-9-10-35(16(4)13-34)24-18-12-19(28)26-30-25(18)37(27(39)31-24)23-20(6-8-29-22(23)15(2)3)40-11-7-17-14-36(26)33-32-17/h5,14-16,18-20,22-26,29-30,32-33H,1,6-13H2,2-4H3,(H,31,39)/t16-,18?,19?,20?,22?,23?,24?,25?,26?/m0/s1. The summed E-state index contributed by atoms with van der Waals surface area (Å²) in [5, 5.41) is 12.3. The van der Waals surface area contributed by atoms with Crippen LogP contribution >= 0.6 is 0 Å². The predicted molar refractivity (Wildman–Crippen MR) is 146 cm³/mol. The van der Waals surface area contributed by atoms with Crippen LogP contribution in [0.2, 0.25) is 0 Å². The molecule has 0 aromatic rings. The number of ether oxygens (including phenoxy) is 1. The maximum Gasteiger partial charge on any atom is 0.320 e. The van der Waals surface area contributed by atoms with E-state index < -0.39 is 18.5 Å². The van der Waals surface area contributed by atoms with Crippen molar-refractivity contribution in [3.63, 3.8) is 0 Å². The number of urea groups is 1. The first kappa shape index (κ1) is 27.7.